The number of hydrogen-bond donors (Lipinski definition) is 4. The van der Waals surface area contributed by atoms with E-state index in [1.54, 1.807) is 80.6 Å². The molecule has 2 aromatic carbocycles. The number of methoxy groups -OCH3 is 1. The molecule has 13 heteroatoms. The first-order valence-corrected chi connectivity index (χ1v) is 20.0. The Kier molecular flexibility index (Phi) is 9.64. The molecule has 292 valence electrons. The van der Waals surface area contributed by atoms with Crippen molar-refractivity contribution in [2.75, 3.05) is 19.0 Å². The highest BCUT2D eigenvalue weighted by Gasteiger charge is 2.57. The molecule has 9 rings (SSSR count). The number of carbonyl (C=O) groups is 4. The molecule has 1 aliphatic heterocycles. The van der Waals surface area contributed by atoms with Crippen molar-refractivity contribution in [3.8, 4) is 27.3 Å². The summed E-state index contributed by atoms with van der Waals surface area (Å²) in [6.45, 7) is 6.05. The molecule has 4 bridgehead atoms. The van der Waals surface area contributed by atoms with Crippen LogP contribution in [0.5, 0.6) is 5.75 Å². The van der Waals surface area contributed by atoms with Crippen molar-refractivity contribution in [3.05, 3.63) is 88.1 Å². The Balaban J connectivity index is 1.11. The predicted octanol–water partition coefficient (Wildman–Crippen LogP) is 7.29. The van der Waals surface area contributed by atoms with Crippen LogP contribution in [0.4, 0.5) is 10.5 Å². The first-order valence-electron chi connectivity index (χ1n) is 19.1. The fourth-order valence-corrected chi connectivity index (χ4v) is 10.4. The van der Waals surface area contributed by atoms with Crippen LogP contribution in [0.3, 0.4) is 0 Å². The Hall–Kier alpha value is -5.27. The van der Waals surface area contributed by atoms with Crippen LogP contribution < -0.4 is 20.7 Å². The first-order chi connectivity index (χ1) is 26.7. The van der Waals surface area contributed by atoms with E-state index >= 15 is 0 Å². The van der Waals surface area contributed by atoms with Crippen molar-refractivity contribution in [2.24, 2.45) is 11.8 Å². The van der Waals surface area contributed by atoms with E-state index in [2.05, 4.69) is 27.0 Å². The molecule has 5 aliphatic rings. The third kappa shape index (κ3) is 7.62. The summed E-state index contributed by atoms with van der Waals surface area (Å²) in [6.07, 6.45) is 4.91. The zero-order valence-electron chi connectivity index (χ0n) is 32.0. The maximum atomic E-state index is 14.3. The second-order valence-corrected chi connectivity index (χ2v) is 17.7. The highest BCUT2D eigenvalue weighted by atomic mass is 32.1. The lowest BCUT2D eigenvalue weighted by atomic mass is 9.51. The van der Waals surface area contributed by atoms with Crippen molar-refractivity contribution < 1.29 is 38.5 Å². The Morgan fingerprint density at radius 1 is 0.946 bits per heavy atom. The molecular weight excluding hydrogens is 733 g/mol. The van der Waals surface area contributed by atoms with Gasteiger partial charge >= 0.3 is 12.1 Å². The summed E-state index contributed by atoms with van der Waals surface area (Å²) >= 11 is 1.56. The molecule has 4 atom stereocenters. The molecule has 4 aromatic rings. The van der Waals surface area contributed by atoms with Gasteiger partial charge in [-0.1, -0.05) is 12.1 Å². The third-order valence-electron chi connectivity index (χ3n) is 11.2. The van der Waals surface area contributed by atoms with Crippen molar-refractivity contribution in [1.29, 1.82) is 0 Å². The summed E-state index contributed by atoms with van der Waals surface area (Å²) < 4.78 is 16.7. The van der Waals surface area contributed by atoms with Gasteiger partial charge in [-0.05, 0) is 130 Å². The number of nitrogens with zero attached hydrogens (tertiary/aromatic N) is 1. The minimum absolute atomic E-state index is 0.0402. The molecule has 3 heterocycles. The van der Waals surface area contributed by atoms with Crippen molar-refractivity contribution in [2.45, 2.75) is 89.0 Å². The lowest BCUT2D eigenvalue weighted by Gasteiger charge is -2.60. The van der Waals surface area contributed by atoms with Crippen LogP contribution in [0, 0.1) is 11.8 Å². The number of esters is 1. The number of amides is 3. The molecule has 2 aromatic heterocycles. The van der Waals surface area contributed by atoms with Crippen molar-refractivity contribution >= 4 is 40.9 Å². The minimum Gasteiger partial charge on any atom is -0.493 e. The number of anilines is 1. The topological polar surface area (TPSA) is 165 Å². The number of rotatable bonds is 8. The van der Waals surface area contributed by atoms with E-state index in [0.717, 1.165) is 53.7 Å². The number of carbonyl (C=O) groups excluding carboxylic acids is 4. The van der Waals surface area contributed by atoms with E-state index in [4.69, 9.17) is 14.2 Å². The van der Waals surface area contributed by atoms with Crippen LogP contribution in [0.25, 0.3) is 21.6 Å². The van der Waals surface area contributed by atoms with Gasteiger partial charge in [-0.15, -0.1) is 11.3 Å². The summed E-state index contributed by atoms with van der Waals surface area (Å²) in [5.41, 5.74) is 2.14. The molecule has 4 N–H and O–H groups in total. The SMILES string of the molecule is COC(=O)c1nc(C(=O)NC23C[C@@H]4C[C@@H](CC(O)(C4)C2)C3)ccc1-c1cc2c(cc1C(=O)Nc1ccc(CNC(=O)OC(C)(C)C)cc1)-c1sccc1CCO2. The van der Waals surface area contributed by atoms with Gasteiger partial charge < -0.3 is 35.3 Å². The second kappa shape index (κ2) is 14.3. The summed E-state index contributed by atoms with van der Waals surface area (Å²) in [5.74, 6) is -0.347. The Bertz CT molecular complexity index is 2210. The zero-order valence-corrected chi connectivity index (χ0v) is 32.8. The minimum atomic E-state index is -0.767. The maximum absolute atomic E-state index is 14.3. The van der Waals surface area contributed by atoms with Gasteiger partial charge in [-0.3, -0.25) is 9.59 Å². The number of hydrogen-bond acceptors (Lipinski definition) is 10. The number of alkyl carbamates (subject to hydrolysis) is 1. The van der Waals surface area contributed by atoms with Crippen LogP contribution in [0.1, 0.15) is 102 Å². The fourth-order valence-electron chi connectivity index (χ4n) is 9.44. The molecule has 4 saturated carbocycles. The Morgan fingerprint density at radius 2 is 1.70 bits per heavy atom. The first kappa shape index (κ1) is 37.6. The van der Waals surface area contributed by atoms with Crippen LogP contribution in [0.15, 0.2) is 60.0 Å². The van der Waals surface area contributed by atoms with Crippen LogP contribution >= 0.6 is 11.3 Å². The summed E-state index contributed by atoms with van der Waals surface area (Å²) in [7, 11) is 1.25. The lowest BCUT2D eigenvalue weighted by molar-refractivity contribution is -0.139. The molecule has 4 fully saturated rings. The lowest BCUT2D eigenvalue weighted by Crippen LogP contribution is -2.65. The van der Waals surface area contributed by atoms with E-state index in [9.17, 15) is 24.3 Å². The van der Waals surface area contributed by atoms with Gasteiger partial charge in [0.05, 0.1) is 19.3 Å². The normalized spacial score (nSPS) is 23.2. The van der Waals surface area contributed by atoms with E-state index in [1.807, 2.05) is 5.38 Å². The highest BCUT2D eigenvalue weighted by Crippen LogP contribution is 2.57. The van der Waals surface area contributed by atoms with Gasteiger partial charge in [0.1, 0.15) is 17.0 Å². The zero-order chi connectivity index (χ0) is 39.4. The summed E-state index contributed by atoms with van der Waals surface area (Å²) in [5, 5.41) is 22.2. The molecule has 0 saturated heterocycles. The maximum Gasteiger partial charge on any atom is 0.407 e. The number of nitrogens with one attached hydrogen (secondary N) is 3. The molecule has 0 spiro atoms. The van der Waals surface area contributed by atoms with Crippen molar-refractivity contribution in [1.82, 2.24) is 15.6 Å². The number of pyridine rings is 1. The average Bonchev–Trinajstić information content (AvgIpc) is 3.53. The Labute approximate surface area is 329 Å². The number of fused-ring (bicyclic) bond motifs is 3. The van der Waals surface area contributed by atoms with Gasteiger partial charge in [-0.25, -0.2) is 14.6 Å². The van der Waals surface area contributed by atoms with Gasteiger partial charge in [0.2, 0.25) is 0 Å². The highest BCUT2D eigenvalue weighted by molar-refractivity contribution is 7.13. The molecule has 0 radical (unpaired) electrons. The monoisotopic (exact) mass is 778 g/mol. The second-order valence-electron chi connectivity index (χ2n) is 16.8. The number of benzene rings is 2. The summed E-state index contributed by atoms with van der Waals surface area (Å²) in [4.78, 5) is 59.4. The van der Waals surface area contributed by atoms with Gasteiger partial charge in [0.15, 0.2) is 5.69 Å². The fraction of sp³-hybridized carbons (Fsp3) is 0.419. The van der Waals surface area contributed by atoms with Crippen LogP contribution in [0.2, 0.25) is 0 Å². The van der Waals surface area contributed by atoms with Crippen LogP contribution in [-0.2, 0) is 22.4 Å². The van der Waals surface area contributed by atoms with Crippen molar-refractivity contribution in [3.63, 3.8) is 0 Å². The van der Waals surface area contributed by atoms with Gasteiger partial charge in [-0.2, -0.15) is 0 Å². The quantitative estimate of drug-likeness (QED) is 0.135. The molecular formula is C43H46N4O8S. The molecule has 12 nitrogen and oxygen atoms in total. The van der Waals surface area contributed by atoms with Crippen LogP contribution in [-0.4, -0.2) is 64.4 Å². The number of aliphatic hydroxyl groups is 1. The molecule has 3 amide bonds. The van der Waals surface area contributed by atoms with E-state index in [-0.39, 0.29) is 23.5 Å². The van der Waals surface area contributed by atoms with E-state index < -0.39 is 40.6 Å². The number of thiophene rings is 1. The number of ether oxygens (including phenoxy) is 3. The van der Waals surface area contributed by atoms with E-state index in [0.29, 0.717) is 53.8 Å². The smallest absolute Gasteiger partial charge is 0.407 e. The average molecular weight is 779 g/mol. The molecule has 4 aliphatic carbocycles. The standard InChI is InChI=1S/C43H46N4O8S/c1-41(2,3)55-40(51)44-22-24-5-7-28(8-6-24)45-37(48)31-16-32-34(54-13-11-27-12-14-56-36(27)32)17-30(31)29-9-10-33(46-35(29)39(50)53-4)38(49)47-42-18-25-15-26(19-42)21-43(52,20-25)23-42/h5-10,12,14,16-17,25-26,52H,11,13,15,18-23H2,1-4H3,(H,44,51)(H,45,48)(H,47,49)/t25-,26+,42?,43?. The largest absolute Gasteiger partial charge is 0.493 e. The molecule has 2 unspecified atom stereocenters. The third-order valence-corrected chi connectivity index (χ3v) is 12.2. The summed E-state index contributed by atoms with van der Waals surface area (Å²) in [6, 6.07) is 15.8. The van der Waals surface area contributed by atoms with E-state index in [1.165, 1.54) is 7.11 Å². The number of aromatic nitrogens is 1. The van der Waals surface area contributed by atoms with Gasteiger partial charge in [0.25, 0.3) is 11.8 Å². The van der Waals surface area contributed by atoms with Gasteiger partial charge in [0, 0.05) is 51.3 Å². The Morgan fingerprint density at radius 3 is 2.39 bits per heavy atom. The predicted molar refractivity (Wildman–Crippen MR) is 211 cm³/mol. The molecule has 56 heavy (non-hydrogen) atoms.